The fourth-order valence-corrected chi connectivity index (χ4v) is 11.4. The Labute approximate surface area is 347 Å². The Kier molecular flexibility index (Phi) is 8.08. The Hall–Kier alpha value is -5.22. The molecule has 2 unspecified atom stereocenters. The van der Waals surface area contributed by atoms with Crippen molar-refractivity contribution in [2.45, 2.75) is 117 Å². The van der Waals surface area contributed by atoms with E-state index in [0.29, 0.717) is 0 Å². The van der Waals surface area contributed by atoms with Crippen molar-refractivity contribution in [3.8, 4) is 0 Å². The van der Waals surface area contributed by atoms with Crippen LogP contribution in [0.1, 0.15) is 109 Å². The zero-order valence-electron chi connectivity index (χ0n) is 36.3. The first-order valence-electron chi connectivity index (χ1n) is 21.7. The molecule has 58 heavy (non-hydrogen) atoms. The molecule has 0 spiro atoms. The van der Waals surface area contributed by atoms with Crippen LogP contribution in [0.25, 0.3) is 0 Å². The molecule has 10 rings (SSSR count). The molecule has 292 valence electrons. The van der Waals surface area contributed by atoms with Gasteiger partial charge in [-0.05, 0) is 132 Å². The van der Waals surface area contributed by atoms with Crippen LogP contribution >= 0.6 is 0 Å². The summed E-state index contributed by atoms with van der Waals surface area (Å²) in [6.45, 7) is 23.9. The lowest BCUT2D eigenvalue weighted by Crippen LogP contribution is -2.61. The highest BCUT2D eigenvalue weighted by Gasteiger charge is 2.58. The van der Waals surface area contributed by atoms with Crippen LogP contribution in [0.2, 0.25) is 0 Å². The molecule has 4 heteroatoms. The van der Waals surface area contributed by atoms with Crippen molar-refractivity contribution in [3.05, 3.63) is 149 Å². The van der Waals surface area contributed by atoms with E-state index in [1.54, 1.807) is 0 Å². The molecule has 0 aromatic heterocycles. The third-order valence-electron chi connectivity index (χ3n) is 14.6. The van der Waals surface area contributed by atoms with Gasteiger partial charge in [0.1, 0.15) is 0 Å². The minimum absolute atomic E-state index is 0.00367. The molecule has 1 saturated carbocycles. The maximum atomic E-state index is 2.82. The van der Waals surface area contributed by atoms with Gasteiger partial charge in [-0.15, -0.1) is 0 Å². The molecule has 4 aliphatic rings. The number of hydrogen-bond donors (Lipinski definition) is 0. The summed E-state index contributed by atoms with van der Waals surface area (Å²) in [6, 6.07) is 47.1. The second-order valence-corrected chi connectivity index (χ2v) is 20.3. The smallest absolute Gasteiger partial charge is 0.252 e. The predicted molar refractivity (Wildman–Crippen MR) is 250 cm³/mol. The molecule has 3 nitrogen and oxygen atoms in total. The number of para-hydroxylation sites is 2. The molecular weight excluding hydrogens is 701 g/mol. The molecule has 6 aromatic rings. The molecule has 0 bridgehead atoms. The first-order valence-corrected chi connectivity index (χ1v) is 21.7. The minimum Gasteiger partial charge on any atom is -0.334 e. The van der Waals surface area contributed by atoms with Crippen LogP contribution < -0.4 is 31.1 Å². The standard InChI is InChI=1S/C54H58BN3/c1-35-29-36(2)50-42(30-35)53(9)27-16-17-28-54(53,10)58(50)41-33-47-49-48(34-41)57(40-22-18-19-37(31-40)51(3,4)5)46-32-38(52(6,7)8)25-26-44(46)55(49)43-23-14-15-24-45(43)56(47)39-20-12-11-13-21-39/h11-15,18-26,29-34H,16-17,27-28H2,1-10H3. The van der Waals surface area contributed by atoms with Crippen LogP contribution in [-0.2, 0) is 16.2 Å². The highest BCUT2D eigenvalue weighted by atomic mass is 15.3. The largest absolute Gasteiger partial charge is 0.334 e. The highest BCUT2D eigenvalue weighted by molar-refractivity contribution is 7.00. The number of anilines is 8. The fourth-order valence-electron chi connectivity index (χ4n) is 11.4. The van der Waals surface area contributed by atoms with Gasteiger partial charge >= 0.3 is 0 Å². The summed E-state index contributed by atoms with van der Waals surface area (Å²) >= 11 is 0. The van der Waals surface area contributed by atoms with E-state index < -0.39 is 0 Å². The lowest BCUT2D eigenvalue weighted by Gasteiger charge is -2.51. The summed E-state index contributed by atoms with van der Waals surface area (Å²) in [5.41, 5.74) is 21.2. The van der Waals surface area contributed by atoms with E-state index in [0.717, 1.165) is 6.42 Å². The Morgan fingerprint density at radius 2 is 1.16 bits per heavy atom. The van der Waals surface area contributed by atoms with Crippen molar-refractivity contribution in [1.82, 2.24) is 0 Å². The van der Waals surface area contributed by atoms with E-state index >= 15 is 0 Å². The number of benzene rings is 6. The Balaban J connectivity index is 1.35. The Morgan fingerprint density at radius 1 is 0.534 bits per heavy atom. The zero-order chi connectivity index (χ0) is 40.5. The zero-order valence-corrected chi connectivity index (χ0v) is 36.3. The minimum atomic E-state index is -0.0837. The summed E-state index contributed by atoms with van der Waals surface area (Å²) in [7, 11) is 0. The molecule has 2 atom stereocenters. The van der Waals surface area contributed by atoms with E-state index in [1.807, 2.05) is 0 Å². The van der Waals surface area contributed by atoms with Crippen molar-refractivity contribution >= 4 is 68.6 Å². The van der Waals surface area contributed by atoms with Crippen LogP contribution in [0, 0.1) is 13.8 Å². The van der Waals surface area contributed by atoms with Crippen molar-refractivity contribution in [2.75, 3.05) is 14.7 Å². The van der Waals surface area contributed by atoms with Gasteiger partial charge in [0.2, 0.25) is 0 Å². The first kappa shape index (κ1) is 37.1. The Bertz CT molecular complexity index is 2630. The quantitative estimate of drug-likeness (QED) is 0.166. The van der Waals surface area contributed by atoms with Crippen molar-refractivity contribution in [1.29, 1.82) is 0 Å². The molecule has 3 aliphatic heterocycles. The molecule has 6 aromatic carbocycles. The second kappa shape index (κ2) is 12.6. The topological polar surface area (TPSA) is 9.72 Å². The van der Waals surface area contributed by atoms with Gasteiger partial charge in [0, 0.05) is 50.9 Å². The third kappa shape index (κ3) is 5.25. The van der Waals surface area contributed by atoms with E-state index in [2.05, 4.69) is 205 Å². The molecule has 0 saturated heterocycles. The van der Waals surface area contributed by atoms with Crippen molar-refractivity contribution in [3.63, 3.8) is 0 Å². The van der Waals surface area contributed by atoms with Gasteiger partial charge < -0.3 is 14.7 Å². The molecule has 0 N–H and O–H groups in total. The lowest BCUT2D eigenvalue weighted by molar-refractivity contribution is 0.195. The normalized spacial score (nSPS) is 20.7. The number of hydrogen-bond acceptors (Lipinski definition) is 3. The predicted octanol–water partition coefficient (Wildman–Crippen LogP) is 12.7. The SMILES string of the molecule is Cc1cc(C)c2c(c1)C1(C)CCCCC1(C)N2c1cc2c3c(c1)N(c1cccc(C(C)(C)C)c1)c1cc(C(C)(C)C)ccc1B3c1ccccc1N2c1ccccc1. The lowest BCUT2D eigenvalue weighted by atomic mass is 9.33. The van der Waals surface area contributed by atoms with Gasteiger partial charge in [-0.2, -0.15) is 0 Å². The number of nitrogens with zero attached hydrogens (tertiary/aromatic N) is 3. The second-order valence-electron chi connectivity index (χ2n) is 20.3. The highest BCUT2D eigenvalue weighted by Crippen LogP contribution is 2.62. The Morgan fingerprint density at radius 3 is 1.88 bits per heavy atom. The van der Waals surface area contributed by atoms with Gasteiger partial charge in [-0.3, -0.25) is 0 Å². The van der Waals surface area contributed by atoms with Crippen LogP contribution in [0.3, 0.4) is 0 Å². The van der Waals surface area contributed by atoms with Crippen LogP contribution in [0.15, 0.2) is 121 Å². The molecular formula is C54H58BN3. The van der Waals surface area contributed by atoms with E-state index in [4.69, 9.17) is 0 Å². The van der Waals surface area contributed by atoms with E-state index in [1.165, 1.54) is 109 Å². The fraction of sp³-hybridized carbons (Fsp3) is 0.333. The summed E-state index contributed by atoms with van der Waals surface area (Å²) in [5.74, 6) is 0. The monoisotopic (exact) mass is 759 g/mol. The average Bonchev–Trinajstić information content (AvgIpc) is 3.40. The molecule has 0 amide bonds. The van der Waals surface area contributed by atoms with Crippen LogP contribution in [0.4, 0.5) is 45.5 Å². The number of aryl methyl sites for hydroxylation is 2. The number of rotatable bonds is 3. The van der Waals surface area contributed by atoms with Gasteiger partial charge in [0.15, 0.2) is 0 Å². The van der Waals surface area contributed by atoms with Crippen LogP contribution in [0.5, 0.6) is 0 Å². The average molecular weight is 760 g/mol. The number of fused-ring (bicyclic) bond motifs is 7. The summed E-state index contributed by atoms with van der Waals surface area (Å²) in [4.78, 5) is 8.02. The van der Waals surface area contributed by atoms with Gasteiger partial charge in [-0.25, -0.2) is 0 Å². The summed E-state index contributed by atoms with van der Waals surface area (Å²) < 4.78 is 0. The first-order chi connectivity index (χ1) is 27.6. The van der Waals surface area contributed by atoms with Crippen molar-refractivity contribution in [2.24, 2.45) is 0 Å². The van der Waals surface area contributed by atoms with Gasteiger partial charge in [0.05, 0.1) is 5.54 Å². The van der Waals surface area contributed by atoms with Crippen LogP contribution in [-0.4, -0.2) is 12.3 Å². The van der Waals surface area contributed by atoms with Crippen molar-refractivity contribution < 1.29 is 0 Å². The van der Waals surface area contributed by atoms with Gasteiger partial charge in [-0.1, -0.05) is 140 Å². The van der Waals surface area contributed by atoms with E-state index in [-0.39, 0.29) is 28.5 Å². The van der Waals surface area contributed by atoms with Gasteiger partial charge in [0.25, 0.3) is 6.71 Å². The molecule has 3 heterocycles. The third-order valence-corrected chi connectivity index (χ3v) is 14.6. The van der Waals surface area contributed by atoms with E-state index in [9.17, 15) is 0 Å². The maximum Gasteiger partial charge on any atom is 0.252 e. The molecule has 0 radical (unpaired) electrons. The summed E-state index contributed by atoms with van der Waals surface area (Å²) in [5, 5.41) is 0. The molecule has 1 fully saturated rings. The maximum absolute atomic E-state index is 2.82. The summed E-state index contributed by atoms with van der Waals surface area (Å²) in [6.07, 6.45) is 4.87. The molecule has 1 aliphatic carbocycles.